The van der Waals surface area contributed by atoms with Crippen molar-refractivity contribution >= 4 is 5.69 Å². The minimum Gasteiger partial charge on any atom is -0.494 e. The van der Waals surface area contributed by atoms with Crippen LogP contribution in [0.25, 0.3) is 0 Å². The molecule has 3 nitrogen and oxygen atoms in total. The lowest BCUT2D eigenvalue weighted by Gasteiger charge is -2.07. The number of benzene rings is 1. The third-order valence-corrected chi connectivity index (χ3v) is 1.83. The Balaban J connectivity index is 3.00. The van der Waals surface area contributed by atoms with E-state index in [0.29, 0.717) is 12.3 Å². The lowest BCUT2D eigenvalue weighted by Crippen LogP contribution is -1.95. The van der Waals surface area contributed by atoms with Gasteiger partial charge < -0.3 is 4.74 Å². The molecule has 0 saturated heterocycles. The molecule has 70 valence electrons. The van der Waals surface area contributed by atoms with Crippen molar-refractivity contribution < 1.29 is 4.74 Å². The zero-order chi connectivity index (χ0) is 9.68. The number of rotatable bonds is 4. The molecular formula is C10H13NO2. The van der Waals surface area contributed by atoms with Gasteiger partial charge in [-0.05, 0) is 42.3 Å². The molecule has 0 amide bonds. The molecule has 0 radical (unpaired) electrons. The standard InChI is InChI=1S/C10H13NO2/c1-3-8-7-9(11-12)5-6-10(8)13-4-2/h5-7H,3-4H2,1-2H3. The smallest absolute Gasteiger partial charge is 0.122 e. The topological polar surface area (TPSA) is 38.7 Å². The van der Waals surface area contributed by atoms with Crippen molar-refractivity contribution in [1.29, 1.82) is 0 Å². The number of aryl methyl sites for hydroxylation is 1. The molecule has 1 rings (SSSR count). The van der Waals surface area contributed by atoms with Gasteiger partial charge in [0.1, 0.15) is 11.4 Å². The molecule has 0 atom stereocenters. The van der Waals surface area contributed by atoms with Gasteiger partial charge in [-0.3, -0.25) is 0 Å². The minimum atomic E-state index is 0.459. The molecule has 0 heterocycles. The maximum Gasteiger partial charge on any atom is 0.122 e. The molecule has 0 saturated carbocycles. The Kier molecular flexibility index (Phi) is 3.43. The summed E-state index contributed by atoms with van der Waals surface area (Å²) in [4.78, 5) is 10.3. The Labute approximate surface area is 77.7 Å². The van der Waals surface area contributed by atoms with E-state index in [-0.39, 0.29) is 0 Å². The van der Waals surface area contributed by atoms with Gasteiger partial charge in [0, 0.05) is 0 Å². The third-order valence-electron chi connectivity index (χ3n) is 1.83. The van der Waals surface area contributed by atoms with Crippen molar-refractivity contribution in [2.24, 2.45) is 5.18 Å². The molecule has 3 heteroatoms. The monoisotopic (exact) mass is 179 g/mol. The first-order chi connectivity index (χ1) is 6.31. The summed E-state index contributed by atoms with van der Waals surface area (Å²) in [6.07, 6.45) is 0.846. The molecule has 0 unspecified atom stereocenters. The van der Waals surface area contributed by atoms with Crippen molar-refractivity contribution in [1.82, 2.24) is 0 Å². The lowest BCUT2D eigenvalue weighted by atomic mass is 10.1. The zero-order valence-electron chi connectivity index (χ0n) is 7.91. The van der Waals surface area contributed by atoms with Gasteiger partial charge in [-0.25, -0.2) is 0 Å². The van der Waals surface area contributed by atoms with Crippen LogP contribution in [0.4, 0.5) is 5.69 Å². The average molecular weight is 179 g/mol. The van der Waals surface area contributed by atoms with Crippen molar-refractivity contribution in [3.63, 3.8) is 0 Å². The second-order valence-corrected chi connectivity index (χ2v) is 2.67. The second kappa shape index (κ2) is 4.60. The molecule has 0 bridgehead atoms. The number of hydrogen-bond donors (Lipinski definition) is 0. The highest BCUT2D eigenvalue weighted by atomic mass is 16.5. The summed E-state index contributed by atoms with van der Waals surface area (Å²) in [5, 5.41) is 2.87. The van der Waals surface area contributed by atoms with Crippen LogP contribution in [-0.4, -0.2) is 6.61 Å². The summed E-state index contributed by atoms with van der Waals surface area (Å²) in [5.74, 6) is 0.845. The molecule has 0 aliphatic rings. The number of ether oxygens (including phenoxy) is 1. The molecular weight excluding hydrogens is 166 g/mol. The molecule has 0 spiro atoms. The van der Waals surface area contributed by atoms with Gasteiger partial charge in [0.05, 0.1) is 6.61 Å². The molecule has 1 aromatic carbocycles. The largest absolute Gasteiger partial charge is 0.494 e. The number of nitrogens with zero attached hydrogens (tertiary/aromatic N) is 1. The number of nitroso groups, excluding NO2 is 1. The molecule has 0 N–H and O–H groups in total. The highest BCUT2D eigenvalue weighted by Crippen LogP contribution is 2.24. The Bertz CT molecular complexity index is 297. The van der Waals surface area contributed by atoms with Crippen LogP contribution in [0, 0.1) is 4.91 Å². The fraction of sp³-hybridized carbons (Fsp3) is 0.400. The van der Waals surface area contributed by atoms with E-state index in [4.69, 9.17) is 4.74 Å². The fourth-order valence-corrected chi connectivity index (χ4v) is 1.20. The van der Waals surface area contributed by atoms with Crippen LogP contribution in [0.5, 0.6) is 5.75 Å². The van der Waals surface area contributed by atoms with Crippen molar-refractivity contribution in [2.45, 2.75) is 20.3 Å². The van der Waals surface area contributed by atoms with E-state index in [1.54, 1.807) is 18.2 Å². The van der Waals surface area contributed by atoms with Gasteiger partial charge >= 0.3 is 0 Å². The molecule has 0 fully saturated rings. The Hall–Kier alpha value is -1.38. The predicted molar refractivity (Wildman–Crippen MR) is 52.4 cm³/mol. The van der Waals surface area contributed by atoms with Crippen molar-refractivity contribution in [2.75, 3.05) is 6.61 Å². The van der Waals surface area contributed by atoms with Crippen LogP contribution in [0.3, 0.4) is 0 Å². The maximum atomic E-state index is 10.3. The quantitative estimate of drug-likeness (QED) is 0.666. The molecule has 0 aliphatic heterocycles. The van der Waals surface area contributed by atoms with E-state index in [0.717, 1.165) is 17.7 Å². The maximum absolute atomic E-state index is 10.3. The lowest BCUT2D eigenvalue weighted by molar-refractivity contribution is 0.337. The molecule has 13 heavy (non-hydrogen) atoms. The average Bonchev–Trinajstić information content (AvgIpc) is 2.19. The van der Waals surface area contributed by atoms with Crippen LogP contribution >= 0.6 is 0 Å². The van der Waals surface area contributed by atoms with Crippen LogP contribution in [0.1, 0.15) is 19.4 Å². The Morgan fingerprint density at radius 3 is 2.69 bits per heavy atom. The van der Waals surface area contributed by atoms with Crippen LogP contribution in [-0.2, 0) is 6.42 Å². The zero-order valence-corrected chi connectivity index (χ0v) is 7.91. The minimum absolute atomic E-state index is 0.459. The van der Waals surface area contributed by atoms with Gasteiger partial charge in [-0.2, -0.15) is 0 Å². The summed E-state index contributed by atoms with van der Waals surface area (Å²) in [5.41, 5.74) is 1.49. The highest BCUT2D eigenvalue weighted by molar-refractivity contribution is 5.47. The van der Waals surface area contributed by atoms with Gasteiger partial charge in [-0.15, -0.1) is 4.91 Å². The summed E-state index contributed by atoms with van der Waals surface area (Å²) < 4.78 is 5.38. The van der Waals surface area contributed by atoms with Crippen molar-refractivity contribution in [3.05, 3.63) is 28.7 Å². The van der Waals surface area contributed by atoms with E-state index >= 15 is 0 Å². The first-order valence-corrected chi connectivity index (χ1v) is 4.40. The van der Waals surface area contributed by atoms with Gasteiger partial charge in [0.25, 0.3) is 0 Å². The summed E-state index contributed by atoms with van der Waals surface area (Å²) >= 11 is 0. The molecule has 0 aliphatic carbocycles. The SMILES string of the molecule is CCOc1ccc(N=O)cc1CC. The third kappa shape index (κ3) is 2.28. The Morgan fingerprint density at radius 1 is 1.38 bits per heavy atom. The van der Waals surface area contributed by atoms with E-state index < -0.39 is 0 Å². The highest BCUT2D eigenvalue weighted by Gasteiger charge is 2.02. The van der Waals surface area contributed by atoms with Gasteiger partial charge in [-0.1, -0.05) is 6.92 Å². The summed E-state index contributed by atoms with van der Waals surface area (Å²) in [7, 11) is 0. The fourth-order valence-electron chi connectivity index (χ4n) is 1.20. The second-order valence-electron chi connectivity index (χ2n) is 2.67. The van der Waals surface area contributed by atoms with E-state index in [1.165, 1.54) is 0 Å². The summed E-state index contributed by atoms with van der Waals surface area (Å²) in [6.45, 7) is 4.60. The van der Waals surface area contributed by atoms with Crippen molar-refractivity contribution in [3.8, 4) is 5.75 Å². The first-order valence-electron chi connectivity index (χ1n) is 4.40. The summed E-state index contributed by atoms with van der Waals surface area (Å²) in [6, 6.07) is 5.22. The first kappa shape index (κ1) is 9.71. The normalized spacial score (nSPS) is 9.69. The van der Waals surface area contributed by atoms with Crippen LogP contribution < -0.4 is 4.74 Å². The molecule has 1 aromatic rings. The van der Waals surface area contributed by atoms with Crippen LogP contribution in [0.2, 0.25) is 0 Å². The van der Waals surface area contributed by atoms with Crippen LogP contribution in [0.15, 0.2) is 23.4 Å². The molecule has 0 aromatic heterocycles. The van der Waals surface area contributed by atoms with E-state index in [1.807, 2.05) is 13.8 Å². The van der Waals surface area contributed by atoms with E-state index in [2.05, 4.69) is 5.18 Å². The number of hydrogen-bond acceptors (Lipinski definition) is 3. The van der Waals surface area contributed by atoms with E-state index in [9.17, 15) is 4.91 Å². The van der Waals surface area contributed by atoms with Gasteiger partial charge in [0.2, 0.25) is 0 Å². The predicted octanol–water partition coefficient (Wildman–Crippen LogP) is 3.05. The Morgan fingerprint density at radius 2 is 2.15 bits per heavy atom. The van der Waals surface area contributed by atoms with Gasteiger partial charge in [0.15, 0.2) is 0 Å².